The highest BCUT2D eigenvalue weighted by atomic mass is 32.2. The summed E-state index contributed by atoms with van der Waals surface area (Å²) in [4.78, 5) is 29.0. The molecule has 2 aliphatic heterocycles. The lowest BCUT2D eigenvalue weighted by atomic mass is 9.93. The molecule has 0 saturated carbocycles. The van der Waals surface area contributed by atoms with Gasteiger partial charge in [0.2, 0.25) is 10.0 Å². The van der Waals surface area contributed by atoms with Gasteiger partial charge >= 0.3 is 0 Å². The summed E-state index contributed by atoms with van der Waals surface area (Å²) in [6, 6.07) is 16.2. The lowest BCUT2D eigenvalue weighted by molar-refractivity contribution is -0.122. The van der Waals surface area contributed by atoms with E-state index in [9.17, 15) is 18.0 Å². The van der Waals surface area contributed by atoms with Crippen molar-refractivity contribution >= 4 is 59.6 Å². The molecule has 7 nitrogen and oxygen atoms in total. The van der Waals surface area contributed by atoms with E-state index in [1.165, 1.54) is 15.6 Å². The fraction of sp³-hybridized carbons (Fsp3) is 0.333. The van der Waals surface area contributed by atoms with Crippen molar-refractivity contribution in [3.05, 3.63) is 71.1 Å². The number of amides is 1. The van der Waals surface area contributed by atoms with Crippen LogP contribution in [-0.4, -0.2) is 57.3 Å². The molecule has 2 aliphatic rings. The number of thiophene rings is 1. The van der Waals surface area contributed by atoms with Gasteiger partial charge in [0.1, 0.15) is 4.90 Å². The van der Waals surface area contributed by atoms with Crippen molar-refractivity contribution in [1.82, 2.24) is 4.31 Å². The first kappa shape index (κ1) is 26.1. The van der Waals surface area contributed by atoms with E-state index in [1.54, 1.807) is 17.4 Å². The summed E-state index contributed by atoms with van der Waals surface area (Å²) in [5.41, 5.74) is 2.31. The lowest BCUT2D eigenvalue weighted by Crippen LogP contribution is -2.48. The number of rotatable bonds is 9. The van der Waals surface area contributed by atoms with Gasteiger partial charge in [-0.3, -0.25) is 9.59 Å². The Hall–Kier alpha value is -3.11. The van der Waals surface area contributed by atoms with Gasteiger partial charge in [0, 0.05) is 59.6 Å². The first-order valence-electron chi connectivity index (χ1n) is 13.3. The summed E-state index contributed by atoms with van der Waals surface area (Å²) in [7, 11) is -2.20. The van der Waals surface area contributed by atoms with Gasteiger partial charge in [0.15, 0.2) is 5.78 Å². The number of fused-ring (bicyclic) bond motifs is 1. The first-order valence-corrected chi connectivity index (χ1v) is 15.6. The van der Waals surface area contributed by atoms with Crippen molar-refractivity contribution in [3.8, 4) is 0 Å². The van der Waals surface area contributed by atoms with Gasteiger partial charge in [-0.15, -0.1) is 11.3 Å². The number of hydrogen-bond acceptors (Lipinski definition) is 6. The van der Waals surface area contributed by atoms with Crippen molar-refractivity contribution in [1.29, 1.82) is 0 Å². The Bertz CT molecular complexity index is 1690. The molecule has 1 fully saturated rings. The summed E-state index contributed by atoms with van der Waals surface area (Å²) in [5.74, 6) is -0.150. The molecular formula is C30H30N2O5S2. The standard InChI is InChI=1S/C30H30N2O5S2/c1-37-17-7-15-31-25-14-13-20(21-9-6-10-23(29(21)25)30(31)34)18-26(33)24-11-4-5-16-32(24)39(35,36)28-19-38-27-12-3-2-8-22(27)28/h2-3,6,8-10,12-14,19,24H,4-5,7,11,15-18H2,1H3. The zero-order valence-electron chi connectivity index (χ0n) is 21.8. The minimum atomic E-state index is -3.84. The third-order valence-corrected chi connectivity index (χ3v) is 10.9. The average molecular weight is 563 g/mol. The number of carbonyl (C=O) groups excluding carboxylic acids is 2. The number of ketones is 1. The number of benzene rings is 3. The van der Waals surface area contributed by atoms with E-state index >= 15 is 0 Å². The number of nitrogens with zero attached hydrogens (tertiary/aromatic N) is 2. The number of ether oxygens (including phenoxy) is 1. The molecule has 1 amide bonds. The van der Waals surface area contributed by atoms with Crippen LogP contribution in [0.3, 0.4) is 0 Å². The van der Waals surface area contributed by atoms with Gasteiger partial charge in [-0.25, -0.2) is 8.42 Å². The monoisotopic (exact) mass is 562 g/mol. The Labute approximate surface area is 232 Å². The first-order chi connectivity index (χ1) is 18.9. The van der Waals surface area contributed by atoms with Gasteiger partial charge in [0.05, 0.1) is 11.7 Å². The third-order valence-electron chi connectivity index (χ3n) is 7.83. The fourth-order valence-electron chi connectivity index (χ4n) is 5.95. The second-order valence-electron chi connectivity index (χ2n) is 10.1. The zero-order valence-corrected chi connectivity index (χ0v) is 23.4. The Kier molecular flexibility index (Phi) is 7.01. The molecule has 0 spiro atoms. The largest absolute Gasteiger partial charge is 0.385 e. The summed E-state index contributed by atoms with van der Waals surface area (Å²) in [5, 5.41) is 4.12. The summed E-state index contributed by atoms with van der Waals surface area (Å²) < 4.78 is 35.2. The normalized spacial score (nSPS) is 17.9. The van der Waals surface area contributed by atoms with Crippen molar-refractivity contribution in [2.75, 3.05) is 31.7 Å². The molecule has 0 bridgehead atoms. The number of anilines is 1. The Morgan fingerprint density at radius 2 is 1.87 bits per heavy atom. The van der Waals surface area contributed by atoms with Crippen LogP contribution in [-0.2, 0) is 26.0 Å². The minimum Gasteiger partial charge on any atom is -0.385 e. The van der Waals surface area contributed by atoms with E-state index in [1.807, 2.05) is 54.6 Å². The van der Waals surface area contributed by atoms with E-state index in [2.05, 4.69) is 0 Å². The summed E-state index contributed by atoms with van der Waals surface area (Å²) in [6.07, 6.45) is 2.88. The highest BCUT2D eigenvalue weighted by Crippen LogP contribution is 2.40. The predicted octanol–water partition coefficient (Wildman–Crippen LogP) is 5.41. The van der Waals surface area contributed by atoms with Crippen LogP contribution in [0.15, 0.2) is 64.9 Å². The summed E-state index contributed by atoms with van der Waals surface area (Å²) >= 11 is 1.40. The van der Waals surface area contributed by atoms with Crippen molar-refractivity contribution in [2.45, 2.75) is 43.0 Å². The SMILES string of the molecule is COCCCN1C(=O)c2cccc3c(CC(=O)C4CCCCN4S(=O)(=O)c4csc5ccccc45)ccc1c23. The molecule has 1 atom stereocenters. The maximum atomic E-state index is 13.8. The molecule has 202 valence electrons. The van der Waals surface area contributed by atoms with E-state index in [-0.39, 0.29) is 23.0 Å². The predicted molar refractivity (Wildman–Crippen MR) is 154 cm³/mol. The second-order valence-corrected chi connectivity index (χ2v) is 12.9. The van der Waals surface area contributed by atoms with E-state index < -0.39 is 16.1 Å². The Morgan fingerprint density at radius 3 is 2.72 bits per heavy atom. The maximum Gasteiger partial charge on any atom is 0.258 e. The van der Waals surface area contributed by atoms with Gasteiger partial charge in [-0.1, -0.05) is 42.8 Å². The maximum absolute atomic E-state index is 13.8. The number of carbonyl (C=O) groups is 2. The third kappa shape index (κ3) is 4.47. The fourth-order valence-corrected chi connectivity index (χ4v) is 9.10. The van der Waals surface area contributed by atoms with Crippen LogP contribution in [0, 0.1) is 0 Å². The molecule has 1 aromatic heterocycles. The van der Waals surface area contributed by atoms with Crippen molar-refractivity contribution in [3.63, 3.8) is 0 Å². The molecule has 1 unspecified atom stereocenters. The lowest BCUT2D eigenvalue weighted by Gasteiger charge is -2.33. The molecule has 3 aromatic carbocycles. The Morgan fingerprint density at radius 1 is 1.05 bits per heavy atom. The number of piperidine rings is 1. The van der Waals surface area contributed by atoms with Crippen LogP contribution in [0.5, 0.6) is 0 Å². The second kappa shape index (κ2) is 10.5. The van der Waals surface area contributed by atoms with Crippen LogP contribution in [0.2, 0.25) is 0 Å². The van der Waals surface area contributed by atoms with Gasteiger partial charge in [0.25, 0.3) is 5.91 Å². The molecule has 9 heteroatoms. The van der Waals surface area contributed by atoms with Crippen LogP contribution in [0.1, 0.15) is 41.6 Å². The molecule has 3 heterocycles. The van der Waals surface area contributed by atoms with Crippen LogP contribution in [0.25, 0.3) is 20.9 Å². The topological polar surface area (TPSA) is 84.0 Å². The Balaban J connectivity index is 1.31. The molecule has 0 aliphatic carbocycles. The highest BCUT2D eigenvalue weighted by molar-refractivity contribution is 7.89. The van der Waals surface area contributed by atoms with E-state index in [0.717, 1.165) is 46.0 Å². The van der Waals surface area contributed by atoms with Crippen LogP contribution < -0.4 is 4.90 Å². The molecule has 4 aromatic rings. The molecule has 0 N–H and O–H groups in total. The van der Waals surface area contributed by atoms with Crippen LogP contribution >= 0.6 is 11.3 Å². The van der Waals surface area contributed by atoms with Crippen molar-refractivity contribution < 1.29 is 22.7 Å². The zero-order chi connectivity index (χ0) is 27.1. The van der Waals surface area contributed by atoms with E-state index in [4.69, 9.17) is 4.74 Å². The van der Waals surface area contributed by atoms with Crippen LogP contribution in [0.4, 0.5) is 5.69 Å². The molecule has 39 heavy (non-hydrogen) atoms. The highest BCUT2D eigenvalue weighted by Gasteiger charge is 2.39. The van der Waals surface area contributed by atoms with Gasteiger partial charge in [-0.2, -0.15) is 4.31 Å². The minimum absolute atomic E-state index is 0.0391. The molecule has 1 saturated heterocycles. The smallest absolute Gasteiger partial charge is 0.258 e. The number of Topliss-reactive ketones (excluding diaryl/α,β-unsaturated/α-hetero) is 1. The average Bonchev–Trinajstić information content (AvgIpc) is 3.51. The summed E-state index contributed by atoms with van der Waals surface area (Å²) in [6.45, 7) is 1.45. The number of sulfonamides is 1. The van der Waals surface area contributed by atoms with E-state index in [0.29, 0.717) is 37.1 Å². The molecule has 6 rings (SSSR count). The molecular weight excluding hydrogens is 532 g/mol. The van der Waals surface area contributed by atoms with Gasteiger partial charge in [-0.05, 0) is 48.4 Å². The number of hydrogen-bond donors (Lipinski definition) is 0. The van der Waals surface area contributed by atoms with Gasteiger partial charge < -0.3 is 9.64 Å². The van der Waals surface area contributed by atoms with Crippen molar-refractivity contribution in [2.24, 2.45) is 0 Å². The number of methoxy groups -OCH3 is 1. The quantitative estimate of drug-likeness (QED) is 0.255. The molecule has 0 radical (unpaired) electrons.